The number of benzene rings is 1. The van der Waals surface area contributed by atoms with Crippen LogP contribution in [0.1, 0.15) is 19.8 Å². The number of nitrogens with one attached hydrogen (secondary N) is 1. The molecular weight excluding hydrogens is 442 g/mol. The first-order valence-electron chi connectivity index (χ1n) is 12.5. The molecule has 180 valence electrons. The third kappa shape index (κ3) is 3.41. The number of hydrogen-bond acceptors (Lipinski definition) is 7. The number of aromatic amines is 1. The summed E-state index contributed by atoms with van der Waals surface area (Å²) in [6, 6.07) is 15.6. The van der Waals surface area contributed by atoms with E-state index in [4.69, 9.17) is 19.6 Å². The van der Waals surface area contributed by atoms with Crippen LogP contribution in [0.25, 0.3) is 28.1 Å². The normalized spacial score (nSPS) is 24.4. The van der Waals surface area contributed by atoms with Crippen LogP contribution in [0.5, 0.6) is 0 Å². The Morgan fingerprint density at radius 2 is 1.83 bits per heavy atom. The zero-order chi connectivity index (χ0) is 23.4. The van der Waals surface area contributed by atoms with Crippen molar-refractivity contribution in [2.24, 2.45) is 0 Å². The van der Waals surface area contributed by atoms with E-state index in [0.717, 1.165) is 72.2 Å². The van der Waals surface area contributed by atoms with Gasteiger partial charge < -0.3 is 19.3 Å². The molecule has 4 aromatic rings. The van der Waals surface area contributed by atoms with Gasteiger partial charge in [-0.25, -0.2) is 4.98 Å². The number of ether oxygens (including phenoxy) is 2. The number of nitrogens with zero attached hydrogens (tertiary/aromatic N) is 6. The average Bonchev–Trinajstić information content (AvgIpc) is 3.61. The lowest BCUT2D eigenvalue weighted by Gasteiger charge is -2.38. The largest absolute Gasteiger partial charge is 0.377 e. The van der Waals surface area contributed by atoms with Crippen molar-refractivity contribution in [3.05, 3.63) is 48.7 Å². The first-order chi connectivity index (χ1) is 17.3. The van der Waals surface area contributed by atoms with Gasteiger partial charge in [0.1, 0.15) is 11.5 Å². The van der Waals surface area contributed by atoms with E-state index in [0.29, 0.717) is 25.3 Å². The van der Waals surface area contributed by atoms with Crippen molar-refractivity contribution in [1.82, 2.24) is 25.0 Å². The minimum atomic E-state index is 0.253. The summed E-state index contributed by atoms with van der Waals surface area (Å²) in [5.74, 6) is 1.80. The minimum Gasteiger partial charge on any atom is -0.377 e. The number of H-pyrrole nitrogens is 1. The summed E-state index contributed by atoms with van der Waals surface area (Å²) in [4.78, 5) is 10.2. The average molecular weight is 472 g/mol. The first kappa shape index (κ1) is 20.9. The SMILES string of the molecule is C[C@@H]1COCCN1c1cc(N2C3CCC2COC3)nc2c1c(-c1ccccc1)nn2-c1ccn[nH]1. The third-order valence-electron chi connectivity index (χ3n) is 7.55. The lowest BCUT2D eigenvalue weighted by atomic mass is 10.1. The standard InChI is InChI=1S/C26H29N7O2/c1-17-14-34-12-11-31(17)21-13-23(32-19-7-8-20(32)16-35-15-19)28-26-24(21)25(18-5-3-2-4-6-18)30-33(26)22-9-10-27-29-22/h2-6,9-10,13,17,19-20H,7-8,11-12,14-16H2,1H3,(H,27,29)/t17-,19?,20?/m1/s1. The molecule has 35 heavy (non-hydrogen) atoms. The number of fused-ring (bicyclic) bond motifs is 3. The predicted octanol–water partition coefficient (Wildman–Crippen LogP) is 3.40. The van der Waals surface area contributed by atoms with Crippen LogP contribution in [-0.2, 0) is 9.47 Å². The molecule has 1 aromatic carbocycles. The molecule has 0 spiro atoms. The van der Waals surface area contributed by atoms with Crippen LogP contribution < -0.4 is 9.80 Å². The fourth-order valence-electron chi connectivity index (χ4n) is 5.86. The topological polar surface area (TPSA) is 84.3 Å². The summed E-state index contributed by atoms with van der Waals surface area (Å²) < 4.78 is 13.6. The molecule has 7 rings (SSSR count). The number of morpholine rings is 2. The van der Waals surface area contributed by atoms with E-state index in [1.807, 2.05) is 16.8 Å². The second-order valence-electron chi connectivity index (χ2n) is 9.71. The van der Waals surface area contributed by atoms with Gasteiger partial charge in [-0.15, -0.1) is 0 Å². The molecule has 1 N–H and O–H groups in total. The Labute approximate surface area is 203 Å². The van der Waals surface area contributed by atoms with E-state index in [1.165, 1.54) is 0 Å². The van der Waals surface area contributed by atoms with Crippen LogP contribution in [0.3, 0.4) is 0 Å². The molecule has 3 aliphatic rings. The van der Waals surface area contributed by atoms with E-state index < -0.39 is 0 Å². The lowest BCUT2D eigenvalue weighted by Crippen LogP contribution is -2.47. The number of rotatable bonds is 4. The highest BCUT2D eigenvalue weighted by molar-refractivity contribution is 6.03. The fourth-order valence-corrected chi connectivity index (χ4v) is 5.86. The first-order valence-corrected chi connectivity index (χ1v) is 12.5. The second-order valence-corrected chi connectivity index (χ2v) is 9.71. The van der Waals surface area contributed by atoms with Crippen molar-refractivity contribution in [3.63, 3.8) is 0 Å². The van der Waals surface area contributed by atoms with Crippen LogP contribution in [0.2, 0.25) is 0 Å². The van der Waals surface area contributed by atoms with E-state index in [-0.39, 0.29) is 6.04 Å². The quantitative estimate of drug-likeness (QED) is 0.488. The molecule has 9 heteroatoms. The maximum atomic E-state index is 5.88. The Bertz CT molecular complexity index is 1320. The Morgan fingerprint density at radius 1 is 1.00 bits per heavy atom. The Hall–Kier alpha value is -3.43. The van der Waals surface area contributed by atoms with Gasteiger partial charge in [0.25, 0.3) is 0 Å². The molecule has 3 fully saturated rings. The maximum Gasteiger partial charge on any atom is 0.169 e. The van der Waals surface area contributed by atoms with Crippen molar-refractivity contribution in [2.75, 3.05) is 42.8 Å². The monoisotopic (exact) mass is 471 g/mol. The second kappa shape index (κ2) is 8.35. The Morgan fingerprint density at radius 3 is 2.57 bits per heavy atom. The molecule has 9 nitrogen and oxygen atoms in total. The number of aromatic nitrogens is 5. The van der Waals surface area contributed by atoms with E-state index in [9.17, 15) is 0 Å². The zero-order valence-corrected chi connectivity index (χ0v) is 19.8. The molecule has 3 aliphatic heterocycles. The van der Waals surface area contributed by atoms with Gasteiger partial charge >= 0.3 is 0 Å². The third-order valence-corrected chi connectivity index (χ3v) is 7.55. The van der Waals surface area contributed by atoms with Gasteiger partial charge in [0, 0.05) is 30.3 Å². The fraction of sp³-hybridized carbons (Fsp3) is 0.423. The smallest absolute Gasteiger partial charge is 0.169 e. The molecule has 0 radical (unpaired) electrons. The summed E-state index contributed by atoms with van der Waals surface area (Å²) in [5.41, 5.74) is 3.99. The summed E-state index contributed by atoms with van der Waals surface area (Å²) in [5, 5.41) is 13.4. The van der Waals surface area contributed by atoms with Gasteiger partial charge in [-0.1, -0.05) is 30.3 Å². The lowest BCUT2D eigenvalue weighted by molar-refractivity contribution is 0.0902. The van der Waals surface area contributed by atoms with Crippen LogP contribution in [0.15, 0.2) is 48.7 Å². The number of hydrogen-bond donors (Lipinski definition) is 1. The number of anilines is 2. The molecule has 0 aliphatic carbocycles. The molecule has 3 aromatic heterocycles. The predicted molar refractivity (Wildman–Crippen MR) is 134 cm³/mol. The highest BCUT2D eigenvalue weighted by Crippen LogP contribution is 2.41. The van der Waals surface area contributed by atoms with Gasteiger partial charge in [0.05, 0.1) is 55.8 Å². The molecule has 0 amide bonds. The van der Waals surface area contributed by atoms with Crippen molar-refractivity contribution in [1.29, 1.82) is 0 Å². The van der Waals surface area contributed by atoms with Crippen LogP contribution in [0.4, 0.5) is 11.5 Å². The molecule has 6 heterocycles. The van der Waals surface area contributed by atoms with Gasteiger partial charge in [-0.05, 0) is 19.8 Å². The highest BCUT2D eigenvalue weighted by atomic mass is 16.5. The molecule has 3 atom stereocenters. The van der Waals surface area contributed by atoms with E-state index in [1.54, 1.807) is 6.20 Å². The molecular formula is C26H29N7O2. The highest BCUT2D eigenvalue weighted by Gasteiger charge is 2.39. The van der Waals surface area contributed by atoms with Gasteiger partial charge in [0.15, 0.2) is 11.5 Å². The van der Waals surface area contributed by atoms with Crippen molar-refractivity contribution >= 4 is 22.5 Å². The van der Waals surface area contributed by atoms with Crippen LogP contribution in [-0.4, -0.2) is 76.1 Å². The van der Waals surface area contributed by atoms with Crippen LogP contribution >= 0.6 is 0 Å². The summed E-state index contributed by atoms with van der Waals surface area (Å²) in [7, 11) is 0. The summed E-state index contributed by atoms with van der Waals surface area (Å²) >= 11 is 0. The Balaban J connectivity index is 1.51. The number of pyridine rings is 1. The molecule has 3 saturated heterocycles. The van der Waals surface area contributed by atoms with E-state index >= 15 is 0 Å². The molecule has 2 bridgehead atoms. The molecule has 0 saturated carbocycles. The Kier molecular flexibility index (Phi) is 4.99. The molecule has 2 unspecified atom stereocenters. The van der Waals surface area contributed by atoms with Crippen molar-refractivity contribution < 1.29 is 9.47 Å². The van der Waals surface area contributed by atoms with E-state index in [2.05, 4.69) is 57.3 Å². The summed E-state index contributed by atoms with van der Waals surface area (Å²) in [6.07, 6.45) is 4.04. The maximum absolute atomic E-state index is 5.88. The van der Waals surface area contributed by atoms with Gasteiger partial charge in [-0.3, -0.25) is 5.10 Å². The minimum absolute atomic E-state index is 0.253. The van der Waals surface area contributed by atoms with Gasteiger partial charge in [-0.2, -0.15) is 14.9 Å². The summed E-state index contributed by atoms with van der Waals surface area (Å²) in [6.45, 7) is 5.99. The zero-order valence-electron chi connectivity index (χ0n) is 19.8. The van der Waals surface area contributed by atoms with Crippen LogP contribution in [0, 0.1) is 0 Å². The van der Waals surface area contributed by atoms with Crippen molar-refractivity contribution in [2.45, 2.75) is 37.9 Å². The van der Waals surface area contributed by atoms with Crippen molar-refractivity contribution in [3.8, 4) is 17.1 Å². The van der Waals surface area contributed by atoms with Gasteiger partial charge in [0.2, 0.25) is 0 Å².